The third kappa shape index (κ3) is 5.63. The molecule has 1 saturated heterocycles. The van der Waals surface area contributed by atoms with E-state index < -0.39 is 23.9 Å². The number of pyridine rings is 1. The Morgan fingerprint density at radius 3 is 2.58 bits per heavy atom. The molecule has 1 aliphatic heterocycles. The quantitative estimate of drug-likeness (QED) is 0.455. The van der Waals surface area contributed by atoms with Crippen LogP contribution in [-0.4, -0.2) is 57.5 Å². The first-order chi connectivity index (χ1) is 17.2. The summed E-state index contributed by atoms with van der Waals surface area (Å²) in [6.45, 7) is 3.05. The summed E-state index contributed by atoms with van der Waals surface area (Å²) in [5.41, 5.74) is 0.910. The van der Waals surface area contributed by atoms with Gasteiger partial charge in [0.15, 0.2) is 0 Å². The molecule has 1 aliphatic rings. The molecule has 1 fully saturated rings. The van der Waals surface area contributed by atoms with E-state index in [0.717, 1.165) is 0 Å². The molecule has 0 bridgehead atoms. The van der Waals surface area contributed by atoms with Gasteiger partial charge in [-0.3, -0.25) is 19.3 Å². The van der Waals surface area contributed by atoms with Gasteiger partial charge in [0.2, 0.25) is 11.8 Å². The van der Waals surface area contributed by atoms with Crippen molar-refractivity contribution in [2.24, 2.45) is 0 Å². The highest BCUT2D eigenvalue weighted by molar-refractivity contribution is 6.02. The van der Waals surface area contributed by atoms with Gasteiger partial charge < -0.3 is 25.3 Å². The zero-order valence-corrected chi connectivity index (χ0v) is 19.3. The standard InChI is InChI=1S/C23H22FN7O5/c1-13(32)25-9-17-10-31(23(35)36-17)16-4-5-20(18(24)7-16)30-11-19(27-12-30)22(34)29-21-6-3-15(8-26-21)28-14(2)33/h3-8,11-12,17H,9-10H2,1-2H3,(H,25,32)(H,28,33)(H,26,29,34). The van der Waals surface area contributed by atoms with Crippen LogP contribution in [0.15, 0.2) is 49.1 Å². The Hall–Kier alpha value is -4.81. The summed E-state index contributed by atoms with van der Waals surface area (Å²) in [5.74, 6) is -1.45. The lowest BCUT2D eigenvalue weighted by molar-refractivity contribution is -0.119. The van der Waals surface area contributed by atoms with E-state index in [9.17, 15) is 23.6 Å². The van der Waals surface area contributed by atoms with Gasteiger partial charge in [0.1, 0.15) is 29.8 Å². The fraction of sp³-hybridized carbons (Fsp3) is 0.217. The van der Waals surface area contributed by atoms with Crippen molar-refractivity contribution in [1.29, 1.82) is 0 Å². The Labute approximate surface area is 204 Å². The summed E-state index contributed by atoms with van der Waals surface area (Å²) < 4.78 is 21.5. The molecule has 0 spiro atoms. The summed E-state index contributed by atoms with van der Waals surface area (Å²) in [6.07, 6.45) is 2.85. The first-order valence-electron chi connectivity index (χ1n) is 10.8. The zero-order chi connectivity index (χ0) is 25.8. The number of hydrogen-bond acceptors (Lipinski definition) is 7. The van der Waals surface area contributed by atoms with Gasteiger partial charge in [0.05, 0.1) is 36.3 Å². The number of carbonyl (C=O) groups is 4. The van der Waals surface area contributed by atoms with E-state index in [-0.39, 0.29) is 42.1 Å². The summed E-state index contributed by atoms with van der Waals surface area (Å²) in [5, 5.41) is 7.72. The van der Waals surface area contributed by atoms with Crippen LogP contribution in [0.5, 0.6) is 0 Å². The third-order valence-electron chi connectivity index (χ3n) is 5.11. The van der Waals surface area contributed by atoms with Gasteiger partial charge in [0, 0.05) is 20.0 Å². The van der Waals surface area contributed by atoms with Crippen LogP contribution in [0.3, 0.4) is 0 Å². The number of halogens is 1. The van der Waals surface area contributed by atoms with Crippen LogP contribution in [0, 0.1) is 5.82 Å². The lowest BCUT2D eigenvalue weighted by Gasteiger charge is -2.14. The average Bonchev–Trinajstić information content (AvgIpc) is 3.45. The number of hydrogen-bond donors (Lipinski definition) is 3. The lowest BCUT2D eigenvalue weighted by atomic mass is 10.2. The molecule has 4 amide bonds. The second-order valence-corrected chi connectivity index (χ2v) is 7.92. The van der Waals surface area contributed by atoms with Crippen molar-refractivity contribution in [1.82, 2.24) is 19.9 Å². The van der Waals surface area contributed by atoms with Gasteiger partial charge in [-0.1, -0.05) is 0 Å². The number of amides is 4. The van der Waals surface area contributed by atoms with Crippen LogP contribution < -0.4 is 20.9 Å². The van der Waals surface area contributed by atoms with Gasteiger partial charge in [-0.05, 0) is 30.3 Å². The van der Waals surface area contributed by atoms with Crippen molar-refractivity contribution in [2.45, 2.75) is 20.0 Å². The minimum Gasteiger partial charge on any atom is -0.442 e. The van der Waals surface area contributed by atoms with E-state index in [4.69, 9.17) is 4.74 Å². The monoisotopic (exact) mass is 495 g/mol. The van der Waals surface area contributed by atoms with Crippen LogP contribution in [0.2, 0.25) is 0 Å². The number of imidazole rings is 1. The van der Waals surface area contributed by atoms with E-state index in [1.54, 1.807) is 12.1 Å². The molecule has 0 saturated carbocycles. The first kappa shape index (κ1) is 24.3. The molecule has 1 atom stereocenters. The molecule has 0 aliphatic carbocycles. The minimum atomic E-state index is -0.648. The molecule has 186 valence electrons. The Bertz CT molecular complexity index is 1320. The predicted molar refractivity (Wildman–Crippen MR) is 126 cm³/mol. The Morgan fingerprint density at radius 2 is 1.92 bits per heavy atom. The fourth-order valence-electron chi connectivity index (χ4n) is 3.47. The Kier molecular flexibility index (Phi) is 6.90. The third-order valence-corrected chi connectivity index (χ3v) is 5.11. The fourth-order valence-corrected chi connectivity index (χ4v) is 3.47. The first-order valence-corrected chi connectivity index (χ1v) is 10.8. The molecule has 36 heavy (non-hydrogen) atoms. The van der Waals surface area contributed by atoms with E-state index in [1.165, 1.54) is 60.2 Å². The van der Waals surface area contributed by atoms with E-state index in [0.29, 0.717) is 11.4 Å². The number of nitrogens with zero attached hydrogens (tertiary/aromatic N) is 4. The van der Waals surface area contributed by atoms with Gasteiger partial charge in [-0.15, -0.1) is 0 Å². The summed E-state index contributed by atoms with van der Waals surface area (Å²) in [7, 11) is 0. The maximum absolute atomic E-state index is 14.9. The van der Waals surface area contributed by atoms with Gasteiger partial charge >= 0.3 is 6.09 Å². The Morgan fingerprint density at radius 1 is 1.11 bits per heavy atom. The Balaban J connectivity index is 1.42. The molecule has 0 radical (unpaired) electrons. The van der Waals surface area contributed by atoms with E-state index in [2.05, 4.69) is 25.9 Å². The van der Waals surface area contributed by atoms with Gasteiger partial charge in [-0.25, -0.2) is 19.2 Å². The maximum Gasteiger partial charge on any atom is 0.414 e. The highest BCUT2D eigenvalue weighted by atomic mass is 19.1. The second-order valence-electron chi connectivity index (χ2n) is 7.92. The normalized spacial score (nSPS) is 14.8. The molecule has 3 N–H and O–H groups in total. The van der Waals surface area contributed by atoms with Crippen LogP contribution in [0.1, 0.15) is 24.3 Å². The number of aromatic nitrogens is 3. The van der Waals surface area contributed by atoms with Crippen LogP contribution in [-0.2, 0) is 14.3 Å². The highest BCUT2D eigenvalue weighted by Crippen LogP contribution is 2.25. The summed E-state index contributed by atoms with van der Waals surface area (Å²) in [4.78, 5) is 56.2. The van der Waals surface area contributed by atoms with E-state index in [1.807, 2.05) is 0 Å². The molecule has 2 aromatic heterocycles. The molecule has 1 aromatic carbocycles. The number of nitrogens with one attached hydrogen (secondary N) is 3. The molecule has 1 unspecified atom stereocenters. The number of carbonyl (C=O) groups excluding carboxylic acids is 4. The number of cyclic esters (lactones) is 1. The van der Waals surface area contributed by atoms with Gasteiger partial charge in [-0.2, -0.15) is 0 Å². The van der Waals surface area contributed by atoms with Crippen LogP contribution in [0.4, 0.5) is 26.4 Å². The second kappa shape index (κ2) is 10.2. The predicted octanol–water partition coefficient (Wildman–Crippen LogP) is 2.08. The maximum atomic E-state index is 14.9. The van der Waals surface area contributed by atoms with E-state index >= 15 is 0 Å². The van der Waals surface area contributed by atoms with Crippen LogP contribution >= 0.6 is 0 Å². The molecule has 13 heteroatoms. The van der Waals surface area contributed by atoms with Crippen molar-refractivity contribution in [3.05, 3.63) is 60.6 Å². The van der Waals surface area contributed by atoms with Gasteiger partial charge in [0.25, 0.3) is 5.91 Å². The molecular formula is C23H22FN7O5. The van der Waals surface area contributed by atoms with Crippen LogP contribution in [0.25, 0.3) is 5.69 Å². The zero-order valence-electron chi connectivity index (χ0n) is 19.3. The minimum absolute atomic E-state index is 0.0233. The van der Waals surface area contributed by atoms with Crippen molar-refractivity contribution in [3.63, 3.8) is 0 Å². The van der Waals surface area contributed by atoms with Crippen molar-refractivity contribution in [2.75, 3.05) is 28.6 Å². The SMILES string of the molecule is CC(=O)NCC1CN(c2ccc(-n3cnc(C(=O)Nc4ccc(NC(C)=O)cn4)c3)c(F)c2)C(=O)O1. The topological polar surface area (TPSA) is 148 Å². The van der Waals surface area contributed by atoms with Crippen molar-refractivity contribution >= 4 is 41.0 Å². The molecular weight excluding hydrogens is 473 g/mol. The molecule has 3 aromatic rings. The lowest BCUT2D eigenvalue weighted by Crippen LogP contribution is -2.33. The molecule has 4 rings (SSSR count). The van der Waals surface area contributed by atoms with Crippen molar-refractivity contribution < 1.29 is 28.3 Å². The summed E-state index contributed by atoms with van der Waals surface area (Å²) in [6, 6.07) is 7.27. The molecule has 12 nitrogen and oxygen atoms in total. The number of rotatable bonds is 7. The average molecular weight is 495 g/mol. The highest BCUT2D eigenvalue weighted by Gasteiger charge is 2.32. The van der Waals surface area contributed by atoms with Crippen molar-refractivity contribution in [3.8, 4) is 5.69 Å². The summed E-state index contributed by atoms with van der Waals surface area (Å²) >= 11 is 0. The smallest absolute Gasteiger partial charge is 0.414 e. The number of benzene rings is 1. The number of ether oxygens (including phenoxy) is 1. The molecule has 3 heterocycles. The largest absolute Gasteiger partial charge is 0.442 e. The number of anilines is 3.